The standard InChI is InChI=1S/C10H12N4/c1-3-7-14(4-2)10-12-6-5-9(8-11)13-10/h3,5-6H,1,4,7H2,2H3. The number of rotatable bonds is 4. The third-order valence-electron chi connectivity index (χ3n) is 1.77. The molecule has 0 fully saturated rings. The van der Waals surface area contributed by atoms with Crippen molar-refractivity contribution in [2.75, 3.05) is 18.0 Å². The summed E-state index contributed by atoms with van der Waals surface area (Å²) in [5, 5.41) is 8.67. The maximum absolute atomic E-state index is 8.67. The van der Waals surface area contributed by atoms with E-state index in [1.807, 2.05) is 17.9 Å². The summed E-state index contributed by atoms with van der Waals surface area (Å²) in [6.45, 7) is 7.14. The van der Waals surface area contributed by atoms with Crippen LogP contribution in [0, 0.1) is 11.3 Å². The third kappa shape index (κ3) is 2.30. The molecule has 1 rings (SSSR count). The first kappa shape index (κ1) is 10.2. The minimum Gasteiger partial charge on any atom is -0.337 e. The highest BCUT2D eigenvalue weighted by atomic mass is 15.2. The van der Waals surface area contributed by atoms with Gasteiger partial charge in [0.25, 0.3) is 0 Å². The van der Waals surface area contributed by atoms with Crippen molar-refractivity contribution in [1.29, 1.82) is 5.26 Å². The van der Waals surface area contributed by atoms with Gasteiger partial charge in [0.1, 0.15) is 11.8 Å². The van der Waals surface area contributed by atoms with Gasteiger partial charge < -0.3 is 4.90 Å². The van der Waals surface area contributed by atoms with Gasteiger partial charge >= 0.3 is 0 Å². The molecule has 0 radical (unpaired) electrons. The molecule has 4 nitrogen and oxygen atoms in total. The fourth-order valence-electron chi connectivity index (χ4n) is 1.07. The van der Waals surface area contributed by atoms with Crippen LogP contribution in [0.2, 0.25) is 0 Å². The molecular formula is C10H12N4. The van der Waals surface area contributed by atoms with Crippen LogP contribution in [-0.2, 0) is 0 Å². The van der Waals surface area contributed by atoms with E-state index in [1.165, 1.54) is 0 Å². The predicted molar refractivity (Wildman–Crippen MR) is 54.8 cm³/mol. The molecule has 1 aromatic heterocycles. The van der Waals surface area contributed by atoms with Crippen molar-refractivity contribution in [3.05, 3.63) is 30.6 Å². The van der Waals surface area contributed by atoms with Crippen LogP contribution in [0.1, 0.15) is 12.6 Å². The molecule has 0 unspecified atom stereocenters. The second-order valence-electron chi connectivity index (χ2n) is 2.68. The van der Waals surface area contributed by atoms with Gasteiger partial charge in [-0.25, -0.2) is 9.97 Å². The lowest BCUT2D eigenvalue weighted by molar-refractivity contribution is 0.850. The Labute approximate surface area is 83.5 Å². The SMILES string of the molecule is C=CCN(CC)c1nccc(C#N)n1. The Morgan fingerprint density at radius 1 is 1.71 bits per heavy atom. The van der Waals surface area contributed by atoms with Gasteiger partial charge in [-0.15, -0.1) is 6.58 Å². The van der Waals surface area contributed by atoms with Crippen molar-refractivity contribution in [2.24, 2.45) is 0 Å². The average molecular weight is 188 g/mol. The van der Waals surface area contributed by atoms with Crippen LogP contribution in [0.5, 0.6) is 0 Å². The highest BCUT2D eigenvalue weighted by Gasteiger charge is 2.05. The molecule has 4 heteroatoms. The Kier molecular flexibility index (Phi) is 3.62. The zero-order valence-corrected chi connectivity index (χ0v) is 8.14. The minimum absolute atomic E-state index is 0.387. The monoisotopic (exact) mass is 188 g/mol. The summed E-state index contributed by atoms with van der Waals surface area (Å²) in [5.41, 5.74) is 0.387. The Morgan fingerprint density at radius 3 is 3.07 bits per heavy atom. The number of anilines is 1. The van der Waals surface area contributed by atoms with E-state index >= 15 is 0 Å². The van der Waals surface area contributed by atoms with Crippen LogP contribution in [0.15, 0.2) is 24.9 Å². The second kappa shape index (κ2) is 4.97. The largest absolute Gasteiger partial charge is 0.337 e. The first-order chi connectivity index (χ1) is 6.81. The smallest absolute Gasteiger partial charge is 0.226 e. The molecule has 0 saturated heterocycles. The van der Waals surface area contributed by atoms with Gasteiger partial charge in [0.2, 0.25) is 5.95 Å². The first-order valence-corrected chi connectivity index (χ1v) is 4.40. The van der Waals surface area contributed by atoms with E-state index < -0.39 is 0 Å². The van der Waals surface area contributed by atoms with Crippen molar-refractivity contribution < 1.29 is 0 Å². The Morgan fingerprint density at radius 2 is 2.50 bits per heavy atom. The van der Waals surface area contributed by atoms with Crippen molar-refractivity contribution in [3.8, 4) is 6.07 Å². The Bertz CT molecular complexity index is 353. The summed E-state index contributed by atoms with van der Waals surface area (Å²) in [6, 6.07) is 3.57. The van der Waals surface area contributed by atoms with Gasteiger partial charge in [0.05, 0.1) is 0 Å². The summed E-state index contributed by atoms with van der Waals surface area (Å²) in [7, 11) is 0. The zero-order valence-electron chi connectivity index (χ0n) is 8.14. The van der Waals surface area contributed by atoms with E-state index in [9.17, 15) is 0 Å². The van der Waals surface area contributed by atoms with E-state index in [-0.39, 0.29) is 0 Å². The maximum Gasteiger partial charge on any atom is 0.226 e. The van der Waals surface area contributed by atoms with E-state index in [4.69, 9.17) is 5.26 Å². The summed E-state index contributed by atoms with van der Waals surface area (Å²) in [6.07, 6.45) is 3.37. The normalized spacial score (nSPS) is 9.14. The molecule has 0 aromatic carbocycles. The molecule has 0 N–H and O–H groups in total. The molecule has 0 amide bonds. The average Bonchev–Trinajstić information content (AvgIpc) is 2.26. The fourth-order valence-corrected chi connectivity index (χ4v) is 1.07. The second-order valence-corrected chi connectivity index (χ2v) is 2.68. The van der Waals surface area contributed by atoms with Gasteiger partial charge in [-0.3, -0.25) is 0 Å². The third-order valence-corrected chi connectivity index (χ3v) is 1.77. The fraction of sp³-hybridized carbons (Fsp3) is 0.300. The van der Waals surface area contributed by atoms with Crippen LogP contribution in [0.4, 0.5) is 5.95 Å². The van der Waals surface area contributed by atoms with Gasteiger partial charge in [0, 0.05) is 19.3 Å². The zero-order chi connectivity index (χ0) is 10.4. The number of nitrogens with zero attached hydrogens (tertiary/aromatic N) is 4. The van der Waals surface area contributed by atoms with E-state index in [0.29, 0.717) is 18.2 Å². The molecule has 0 aliphatic carbocycles. The molecule has 1 aromatic rings. The molecule has 0 saturated carbocycles. The van der Waals surface area contributed by atoms with Crippen molar-refractivity contribution in [2.45, 2.75) is 6.92 Å². The highest BCUT2D eigenvalue weighted by molar-refractivity contribution is 5.34. The van der Waals surface area contributed by atoms with Gasteiger partial charge in [0.15, 0.2) is 0 Å². The van der Waals surface area contributed by atoms with Crippen molar-refractivity contribution in [3.63, 3.8) is 0 Å². The molecular weight excluding hydrogens is 176 g/mol. The van der Waals surface area contributed by atoms with E-state index in [1.54, 1.807) is 18.3 Å². The molecule has 0 spiro atoms. The summed E-state index contributed by atoms with van der Waals surface area (Å²) < 4.78 is 0. The number of hydrogen-bond acceptors (Lipinski definition) is 4. The molecule has 0 atom stereocenters. The van der Waals surface area contributed by atoms with Crippen LogP contribution < -0.4 is 4.90 Å². The molecule has 0 bridgehead atoms. The maximum atomic E-state index is 8.67. The molecule has 14 heavy (non-hydrogen) atoms. The predicted octanol–water partition coefficient (Wildman–Crippen LogP) is 1.36. The molecule has 72 valence electrons. The molecule has 1 heterocycles. The lowest BCUT2D eigenvalue weighted by Gasteiger charge is -2.18. The summed E-state index contributed by atoms with van der Waals surface area (Å²) in [4.78, 5) is 10.1. The summed E-state index contributed by atoms with van der Waals surface area (Å²) in [5.74, 6) is 0.575. The number of nitriles is 1. The highest BCUT2D eigenvalue weighted by Crippen LogP contribution is 2.06. The van der Waals surface area contributed by atoms with E-state index in [2.05, 4.69) is 16.5 Å². The Balaban J connectivity index is 2.93. The van der Waals surface area contributed by atoms with Gasteiger partial charge in [-0.2, -0.15) is 5.26 Å². The van der Waals surface area contributed by atoms with Crippen LogP contribution >= 0.6 is 0 Å². The Hall–Kier alpha value is -1.89. The van der Waals surface area contributed by atoms with Gasteiger partial charge in [-0.05, 0) is 13.0 Å². The minimum atomic E-state index is 0.387. The van der Waals surface area contributed by atoms with Crippen LogP contribution in [0.3, 0.4) is 0 Å². The van der Waals surface area contributed by atoms with Crippen LogP contribution in [-0.4, -0.2) is 23.1 Å². The number of likely N-dealkylation sites (N-methyl/N-ethyl adjacent to an activating group) is 1. The van der Waals surface area contributed by atoms with Crippen LogP contribution in [0.25, 0.3) is 0 Å². The number of hydrogen-bond donors (Lipinski definition) is 0. The van der Waals surface area contributed by atoms with Crippen molar-refractivity contribution in [1.82, 2.24) is 9.97 Å². The van der Waals surface area contributed by atoms with Gasteiger partial charge in [-0.1, -0.05) is 6.08 Å². The molecule has 0 aliphatic rings. The lowest BCUT2D eigenvalue weighted by Crippen LogP contribution is -2.24. The van der Waals surface area contributed by atoms with Crippen molar-refractivity contribution >= 4 is 5.95 Å². The quantitative estimate of drug-likeness (QED) is 0.669. The van der Waals surface area contributed by atoms with E-state index in [0.717, 1.165) is 6.54 Å². The molecule has 0 aliphatic heterocycles. The lowest BCUT2D eigenvalue weighted by atomic mass is 10.4. The first-order valence-electron chi connectivity index (χ1n) is 4.40. The summed E-state index contributed by atoms with van der Waals surface area (Å²) >= 11 is 0. The topological polar surface area (TPSA) is 52.8 Å². The number of aromatic nitrogens is 2.